The second kappa shape index (κ2) is 7.14. The van der Waals surface area contributed by atoms with Gasteiger partial charge in [0.05, 0.1) is 4.47 Å². The van der Waals surface area contributed by atoms with E-state index in [0.717, 1.165) is 28.2 Å². The highest BCUT2D eigenvalue weighted by Crippen LogP contribution is 2.32. The summed E-state index contributed by atoms with van der Waals surface area (Å²) in [6.07, 6.45) is 7.70. The van der Waals surface area contributed by atoms with Crippen LogP contribution < -0.4 is 4.74 Å². The Hall–Kier alpha value is -0.990. The van der Waals surface area contributed by atoms with Crippen LogP contribution in [0.1, 0.15) is 19.3 Å². The molecule has 1 saturated heterocycles. The molecule has 1 fully saturated rings. The molecule has 1 aromatic carbocycles. The van der Waals surface area contributed by atoms with Gasteiger partial charge < -0.3 is 9.64 Å². The van der Waals surface area contributed by atoms with Crippen LogP contribution >= 0.6 is 31.9 Å². The first-order valence-electron chi connectivity index (χ1n) is 6.46. The highest BCUT2D eigenvalue weighted by Gasteiger charge is 2.24. The minimum Gasteiger partial charge on any atom is -0.409 e. The van der Waals surface area contributed by atoms with E-state index >= 15 is 0 Å². The third-order valence-electron chi connectivity index (χ3n) is 3.39. The van der Waals surface area contributed by atoms with Gasteiger partial charge in [-0.25, -0.2) is 4.79 Å². The molecule has 106 valence electrons. The normalized spacial score (nSPS) is 15.8. The van der Waals surface area contributed by atoms with Crippen molar-refractivity contribution < 1.29 is 9.53 Å². The summed E-state index contributed by atoms with van der Waals surface area (Å²) in [6.45, 7) is 1.41. The summed E-state index contributed by atoms with van der Waals surface area (Å²) in [5.74, 6) is 3.74. The maximum absolute atomic E-state index is 12.1. The van der Waals surface area contributed by atoms with Crippen molar-refractivity contribution in [3.8, 4) is 18.1 Å². The Morgan fingerprint density at radius 2 is 2.10 bits per heavy atom. The molecule has 0 saturated carbocycles. The molecule has 3 nitrogen and oxygen atoms in total. The molecule has 1 aliphatic rings. The number of piperidine rings is 1. The van der Waals surface area contributed by atoms with Crippen molar-refractivity contribution in [3.05, 3.63) is 27.1 Å². The number of hydrogen-bond acceptors (Lipinski definition) is 2. The van der Waals surface area contributed by atoms with Gasteiger partial charge in [-0.05, 0) is 62.8 Å². The van der Waals surface area contributed by atoms with E-state index in [1.54, 1.807) is 11.0 Å². The van der Waals surface area contributed by atoms with Crippen LogP contribution in [0.5, 0.6) is 5.75 Å². The minimum atomic E-state index is -0.303. The zero-order valence-electron chi connectivity index (χ0n) is 10.9. The molecule has 0 radical (unpaired) electrons. The topological polar surface area (TPSA) is 29.5 Å². The summed E-state index contributed by atoms with van der Waals surface area (Å²) < 4.78 is 7.03. The van der Waals surface area contributed by atoms with Gasteiger partial charge in [0.15, 0.2) is 0 Å². The molecule has 2 rings (SSSR count). The van der Waals surface area contributed by atoms with E-state index in [9.17, 15) is 4.79 Å². The largest absolute Gasteiger partial charge is 0.415 e. The lowest BCUT2D eigenvalue weighted by Crippen LogP contribution is -2.40. The Bertz CT molecular complexity index is 531. The average Bonchev–Trinajstić information content (AvgIpc) is 2.45. The van der Waals surface area contributed by atoms with Crippen LogP contribution in [0, 0.1) is 18.3 Å². The van der Waals surface area contributed by atoms with E-state index in [2.05, 4.69) is 37.8 Å². The number of halogens is 2. The number of ether oxygens (including phenoxy) is 1. The lowest BCUT2D eigenvalue weighted by atomic mass is 9.94. The second-order valence-electron chi connectivity index (χ2n) is 4.76. The SMILES string of the molecule is C#CCC1CCN(C(=O)Oc2cccc(Br)c2Br)CC1. The number of benzene rings is 1. The lowest BCUT2D eigenvalue weighted by Gasteiger charge is -2.30. The Labute approximate surface area is 135 Å². The first kappa shape index (κ1) is 15.4. The monoisotopic (exact) mass is 399 g/mol. The average molecular weight is 401 g/mol. The summed E-state index contributed by atoms with van der Waals surface area (Å²) in [6, 6.07) is 5.47. The van der Waals surface area contributed by atoms with E-state index < -0.39 is 0 Å². The van der Waals surface area contributed by atoms with E-state index in [-0.39, 0.29) is 6.09 Å². The fourth-order valence-corrected chi connectivity index (χ4v) is 2.90. The van der Waals surface area contributed by atoms with Crippen LogP contribution in [0.2, 0.25) is 0 Å². The quantitative estimate of drug-likeness (QED) is 0.686. The van der Waals surface area contributed by atoms with Gasteiger partial charge in [0, 0.05) is 24.0 Å². The maximum Gasteiger partial charge on any atom is 0.415 e. The van der Waals surface area contributed by atoms with Gasteiger partial charge >= 0.3 is 6.09 Å². The predicted octanol–water partition coefficient (Wildman–Crippen LogP) is 4.45. The molecule has 0 N–H and O–H groups in total. The van der Waals surface area contributed by atoms with E-state index in [4.69, 9.17) is 11.2 Å². The number of terminal acetylenes is 1. The van der Waals surface area contributed by atoms with Gasteiger partial charge in [0.25, 0.3) is 0 Å². The molecule has 1 heterocycles. The number of hydrogen-bond donors (Lipinski definition) is 0. The van der Waals surface area contributed by atoms with Crippen molar-refractivity contribution >= 4 is 38.0 Å². The zero-order valence-corrected chi connectivity index (χ0v) is 14.1. The molecule has 5 heteroatoms. The van der Waals surface area contributed by atoms with Crippen molar-refractivity contribution in [3.63, 3.8) is 0 Å². The number of likely N-dealkylation sites (tertiary alicyclic amines) is 1. The lowest BCUT2D eigenvalue weighted by molar-refractivity contribution is 0.131. The number of carbonyl (C=O) groups is 1. The Morgan fingerprint density at radius 3 is 2.75 bits per heavy atom. The Kier molecular flexibility index (Phi) is 5.50. The van der Waals surface area contributed by atoms with Crippen molar-refractivity contribution in [1.82, 2.24) is 4.90 Å². The Morgan fingerprint density at radius 1 is 1.40 bits per heavy atom. The first-order chi connectivity index (χ1) is 9.61. The van der Waals surface area contributed by atoms with Gasteiger partial charge in [-0.2, -0.15) is 0 Å². The molecule has 0 bridgehead atoms. The van der Waals surface area contributed by atoms with Crippen molar-refractivity contribution in [1.29, 1.82) is 0 Å². The molecule has 0 atom stereocenters. The third-order valence-corrected chi connectivity index (χ3v) is 5.40. The molecule has 20 heavy (non-hydrogen) atoms. The van der Waals surface area contributed by atoms with Crippen molar-refractivity contribution in [2.75, 3.05) is 13.1 Å². The highest BCUT2D eigenvalue weighted by atomic mass is 79.9. The highest BCUT2D eigenvalue weighted by molar-refractivity contribution is 9.13. The summed E-state index contributed by atoms with van der Waals surface area (Å²) in [7, 11) is 0. The Balaban J connectivity index is 1.93. The minimum absolute atomic E-state index is 0.303. The number of rotatable bonds is 2. The van der Waals surface area contributed by atoms with Crippen LogP contribution in [-0.4, -0.2) is 24.1 Å². The maximum atomic E-state index is 12.1. The summed E-state index contributed by atoms with van der Waals surface area (Å²) in [5.41, 5.74) is 0. The molecule has 1 aromatic rings. The standard InChI is InChI=1S/C15H15Br2NO2/c1-2-4-11-7-9-18(10-8-11)15(19)20-13-6-3-5-12(16)14(13)17/h1,3,5-6,11H,4,7-10H2. The molecule has 0 spiro atoms. The molecule has 1 aliphatic heterocycles. The summed E-state index contributed by atoms with van der Waals surface area (Å²) >= 11 is 6.78. The number of carbonyl (C=O) groups excluding carboxylic acids is 1. The van der Waals surface area contributed by atoms with E-state index in [1.165, 1.54) is 0 Å². The predicted molar refractivity (Wildman–Crippen MR) is 85.6 cm³/mol. The fraction of sp³-hybridized carbons (Fsp3) is 0.400. The molecule has 1 amide bonds. The molecule has 0 unspecified atom stereocenters. The van der Waals surface area contributed by atoms with Gasteiger partial charge in [0.1, 0.15) is 5.75 Å². The molecule has 0 aromatic heterocycles. The van der Waals surface area contributed by atoms with Crippen LogP contribution in [-0.2, 0) is 0 Å². The van der Waals surface area contributed by atoms with E-state index in [0.29, 0.717) is 24.8 Å². The second-order valence-corrected chi connectivity index (χ2v) is 6.41. The smallest absolute Gasteiger partial charge is 0.409 e. The van der Waals surface area contributed by atoms with Gasteiger partial charge in [-0.15, -0.1) is 12.3 Å². The van der Waals surface area contributed by atoms with Crippen molar-refractivity contribution in [2.24, 2.45) is 5.92 Å². The number of amides is 1. The number of nitrogens with zero attached hydrogens (tertiary/aromatic N) is 1. The molecule has 0 aliphatic carbocycles. The summed E-state index contributed by atoms with van der Waals surface area (Å²) in [5, 5.41) is 0. The van der Waals surface area contributed by atoms with Crippen LogP contribution in [0.15, 0.2) is 27.1 Å². The van der Waals surface area contributed by atoms with Crippen LogP contribution in [0.4, 0.5) is 4.79 Å². The molecular weight excluding hydrogens is 386 g/mol. The third kappa shape index (κ3) is 3.77. The van der Waals surface area contributed by atoms with E-state index in [1.807, 2.05) is 12.1 Å². The van der Waals surface area contributed by atoms with Crippen LogP contribution in [0.25, 0.3) is 0 Å². The zero-order chi connectivity index (χ0) is 14.5. The fourth-order valence-electron chi connectivity index (χ4n) is 2.21. The summed E-state index contributed by atoms with van der Waals surface area (Å²) in [4.78, 5) is 13.9. The molecular formula is C15H15Br2NO2. The van der Waals surface area contributed by atoms with Gasteiger partial charge in [0.2, 0.25) is 0 Å². The van der Waals surface area contributed by atoms with Gasteiger partial charge in [-0.1, -0.05) is 6.07 Å². The first-order valence-corrected chi connectivity index (χ1v) is 8.04. The van der Waals surface area contributed by atoms with Crippen LogP contribution in [0.3, 0.4) is 0 Å². The van der Waals surface area contributed by atoms with Gasteiger partial charge in [-0.3, -0.25) is 0 Å². The van der Waals surface area contributed by atoms with Crippen molar-refractivity contribution in [2.45, 2.75) is 19.3 Å².